The maximum absolute atomic E-state index is 13.8. The van der Waals surface area contributed by atoms with Crippen LogP contribution >= 0.6 is 0 Å². The van der Waals surface area contributed by atoms with E-state index in [4.69, 9.17) is 9.47 Å². The minimum absolute atomic E-state index is 0.215. The Morgan fingerprint density at radius 3 is 2.53 bits per heavy atom. The highest BCUT2D eigenvalue weighted by Crippen LogP contribution is 2.29. The van der Waals surface area contributed by atoms with Gasteiger partial charge in [-0.2, -0.15) is 4.98 Å². The highest BCUT2D eigenvalue weighted by atomic mass is 16.5. The second-order valence-corrected chi connectivity index (χ2v) is 7.83. The third-order valence-corrected chi connectivity index (χ3v) is 5.60. The van der Waals surface area contributed by atoms with Crippen LogP contribution in [0.4, 0.5) is 11.8 Å². The lowest BCUT2D eigenvalue weighted by atomic mass is 10.0. The number of amides is 1. The van der Waals surface area contributed by atoms with Crippen molar-refractivity contribution in [1.82, 2.24) is 19.5 Å². The molecule has 10 nitrogen and oxygen atoms in total. The van der Waals surface area contributed by atoms with Gasteiger partial charge in [0.15, 0.2) is 0 Å². The molecule has 0 bridgehead atoms. The molecule has 0 saturated carbocycles. The van der Waals surface area contributed by atoms with Gasteiger partial charge >= 0.3 is 0 Å². The molecule has 1 aromatic carbocycles. The van der Waals surface area contributed by atoms with Gasteiger partial charge in [-0.25, -0.2) is 9.97 Å². The molecule has 1 amide bonds. The van der Waals surface area contributed by atoms with Crippen LogP contribution in [0.5, 0.6) is 11.5 Å². The van der Waals surface area contributed by atoms with Crippen molar-refractivity contribution in [3.8, 4) is 22.6 Å². The van der Waals surface area contributed by atoms with Gasteiger partial charge < -0.3 is 20.1 Å². The normalized spacial score (nSPS) is 10.6. The maximum Gasteiger partial charge on any atom is 0.260 e. The van der Waals surface area contributed by atoms with Crippen LogP contribution in [0.15, 0.2) is 66.2 Å². The van der Waals surface area contributed by atoms with Gasteiger partial charge in [0.25, 0.3) is 5.56 Å². The van der Waals surface area contributed by atoms with E-state index in [2.05, 4.69) is 32.2 Å². The molecule has 2 N–H and O–H groups in total. The summed E-state index contributed by atoms with van der Waals surface area (Å²) in [5.74, 6) is 1.61. The molecular formula is C26H26N6O4. The first-order chi connectivity index (χ1) is 17.4. The predicted molar refractivity (Wildman–Crippen MR) is 139 cm³/mol. The lowest BCUT2D eigenvalue weighted by molar-refractivity contribution is -0.111. The molecule has 0 saturated heterocycles. The van der Waals surface area contributed by atoms with Crippen LogP contribution in [0.1, 0.15) is 5.56 Å². The number of hydrogen-bond donors (Lipinski definition) is 2. The average Bonchev–Trinajstić information content (AvgIpc) is 2.91. The second-order valence-electron chi connectivity index (χ2n) is 7.83. The molecule has 184 valence electrons. The summed E-state index contributed by atoms with van der Waals surface area (Å²) in [6.45, 7) is 3.79. The highest BCUT2D eigenvalue weighted by Gasteiger charge is 2.15. The summed E-state index contributed by atoms with van der Waals surface area (Å²) in [7, 11) is 4.84. The van der Waals surface area contributed by atoms with Crippen LogP contribution < -0.4 is 25.7 Å². The Hall–Kier alpha value is -4.73. The molecule has 3 heterocycles. The Morgan fingerprint density at radius 2 is 1.86 bits per heavy atom. The van der Waals surface area contributed by atoms with Crippen LogP contribution in [0.25, 0.3) is 22.2 Å². The minimum atomic E-state index is -0.348. The molecule has 36 heavy (non-hydrogen) atoms. The number of carbonyl (C=O) groups excluding carboxylic acids is 1. The number of fused-ring (bicyclic) bond motifs is 1. The van der Waals surface area contributed by atoms with E-state index in [-0.39, 0.29) is 11.5 Å². The van der Waals surface area contributed by atoms with Crippen molar-refractivity contribution >= 4 is 28.7 Å². The third kappa shape index (κ3) is 5.17. The Balaban J connectivity index is 1.80. The van der Waals surface area contributed by atoms with Crippen LogP contribution in [-0.4, -0.2) is 46.7 Å². The largest absolute Gasteiger partial charge is 0.497 e. The fourth-order valence-electron chi connectivity index (χ4n) is 3.77. The Labute approximate surface area is 207 Å². The third-order valence-electron chi connectivity index (χ3n) is 5.60. The number of aromatic nitrogens is 4. The van der Waals surface area contributed by atoms with E-state index in [0.29, 0.717) is 58.4 Å². The Kier molecular flexibility index (Phi) is 7.24. The molecular weight excluding hydrogens is 460 g/mol. The number of benzene rings is 1. The first kappa shape index (κ1) is 24.4. The number of nitrogens with one attached hydrogen (secondary N) is 2. The van der Waals surface area contributed by atoms with Crippen molar-refractivity contribution in [2.45, 2.75) is 13.0 Å². The zero-order valence-corrected chi connectivity index (χ0v) is 20.2. The number of carbonyl (C=O) groups is 1. The zero-order valence-electron chi connectivity index (χ0n) is 20.2. The quantitative estimate of drug-likeness (QED) is 0.346. The molecule has 0 fully saturated rings. The second kappa shape index (κ2) is 10.7. The number of methoxy groups -OCH3 is 2. The molecule has 0 unspecified atom stereocenters. The van der Waals surface area contributed by atoms with Crippen LogP contribution in [0, 0.1) is 0 Å². The summed E-state index contributed by atoms with van der Waals surface area (Å²) in [5.41, 5.74) is 2.30. The van der Waals surface area contributed by atoms with Gasteiger partial charge in [-0.3, -0.25) is 14.2 Å². The number of aryl methyl sites for hydroxylation is 2. The van der Waals surface area contributed by atoms with E-state index in [1.807, 2.05) is 6.07 Å². The molecule has 0 spiro atoms. The van der Waals surface area contributed by atoms with Crippen LogP contribution in [-0.2, 0) is 17.8 Å². The molecule has 0 atom stereocenters. The van der Waals surface area contributed by atoms with Crippen molar-refractivity contribution in [3.63, 3.8) is 0 Å². The van der Waals surface area contributed by atoms with Crippen molar-refractivity contribution < 1.29 is 14.3 Å². The standard InChI is InChI=1S/C26H26N6O4/c1-5-23(33)30-22-10-16(6-8-28-22)7-9-32-24-18(15-29-26(27-2)31-24)13-21(25(32)34)17-11-19(35-3)14-20(12-17)36-4/h5-6,8,10-15H,1,7,9H2,2-4H3,(H,27,29,31)(H,28,30,33). The number of rotatable bonds is 9. The van der Waals surface area contributed by atoms with E-state index < -0.39 is 0 Å². The SMILES string of the molecule is C=CC(=O)Nc1cc(CCn2c(=O)c(-c3cc(OC)cc(OC)c3)cc3cnc(NC)nc32)ccn1. The van der Waals surface area contributed by atoms with Crippen LogP contribution in [0.3, 0.4) is 0 Å². The van der Waals surface area contributed by atoms with Gasteiger partial charge in [0.05, 0.1) is 14.2 Å². The minimum Gasteiger partial charge on any atom is -0.497 e. The average molecular weight is 487 g/mol. The maximum atomic E-state index is 13.8. The highest BCUT2D eigenvalue weighted by molar-refractivity contribution is 5.98. The van der Waals surface area contributed by atoms with Crippen molar-refractivity contribution in [2.24, 2.45) is 0 Å². The fraction of sp³-hybridized carbons (Fsp3) is 0.192. The smallest absolute Gasteiger partial charge is 0.260 e. The number of hydrogen-bond acceptors (Lipinski definition) is 8. The Bertz CT molecular complexity index is 1480. The summed E-state index contributed by atoms with van der Waals surface area (Å²) < 4.78 is 12.4. The first-order valence-electron chi connectivity index (χ1n) is 11.2. The van der Waals surface area contributed by atoms with E-state index >= 15 is 0 Å². The summed E-state index contributed by atoms with van der Waals surface area (Å²) in [5, 5.41) is 6.28. The Morgan fingerprint density at radius 1 is 1.11 bits per heavy atom. The topological polar surface area (TPSA) is 120 Å². The molecule has 0 aliphatic carbocycles. The fourth-order valence-corrected chi connectivity index (χ4v) is 3.77. The van der Waals surface area contributed by atoms with Gasteiger partial charge in [-0.15, -0.1) is 0 Å². The van der Waals surface area contributed by atoms with Gasteiger partial charge in [0.2, 0.25) is 11.9 Å². The van der Waals surface area contributed by atoms with E-state index in [9.17, 15) is 9.59 Å². The van der Waals surface area contributed by atoms with Gasteiger partial charge in [0.1, 0.15) is 23.0 Å². The summed E-state index contributed by atoms with van der Waals surface area (Å²) >= 11 is 0. The van der Waals surface area contributed by atoms with E-state index in [0.717, 1.165) is 5.56 Å². The van der Waals surface area contributed by atoms with E-state index in [1.54, 1.807) is 68.6 Å². The molecule has 0 aliphatic rings. The molecule has 0 radical (unpaired) electrons. The monoisotopic (exact) mass is 486 g/mol. The number of pyridine rings is 2. The molecule has 10 heteroatoms. The van der Waals surface area contributed by atoms with Gasteiger partial charge in [0, 0.05) is 43.0 Å². The predicted octanol–water partition coefficient (Wildman–Crippen LogP) is 3.28. The molecule has 0 aliphatic heterocycles. The van der Waals surface area contributed by atoms with Crippen molar-refractivity contribution in [3.05, 3.63) is 77.4 Å². The van der Waals surface area contributed by atoms with Gasteiger partial charge in [-0.1, -0.05) is 6.58 Å². The summed E-state index contributed by atoms with van der Waals surface area (Å²) in [4.78, 5) is 38.4. The lowest BCUT2D eigenvalue weighted by Crippen LogP contribution is -2.24. The van der Waals surface area contributed by atoms with Crippen molar-refractivity contribution in [2.75, 3.05) is 31.9 Å². The number of ether oxygens (including phenoxy) is 2. The molecule has 4 aromatic rings. The number of anilines is 2. The van der Waals surface area contributed by atoms with Crippen molar-refractivity contribution in [1.29, 1.82) is 0 Å². The summed E-state index contributed by atoms with van der Waals surface area (Å²) in [6.07, 6.45) is 4.96. The molecule has 4 rings (SSSR count). The lowest BCUT2D eigenvalue weighted by Gasteiger charge is -2.14. The first-order valence-corrected chi connectivity index (χ1v) is 11.2. The molecule has 3 aromatic heterocycles. The van der Waals surface area contributed by atoms with Gasteiger partial charge in [-0.05, 0) is 54.0 Å². The number of nitrogens with zero attached hydrogens (tertiary/aromatic N) is 4. The van der Waals surface area contributed by atoms with Crippen LogP contribution in [0.2, 0.25) is 0 Å². The van der Waals surface area contributed by atoms with E-state index in [1.165, 1.54) is 6.08 Å². The zero-order chi connectivity index (χ0) is 25.7. The summed E-state index contributed by atoms with van der Waals surface area (Å²) in [6, 6.07) is 10.7.